The van der Waals surface area contributed by atoms with Gasteiger partial charge in [-0.2, -0.15) is 0 Å². The van der Waals surface area contributed by atoms with Crippen molar-refractivity contribution >= 4 is 35.4 Å². The minimum Gasteiger partial charge on any atom is -0.497 e. The number of allylic oxidation sites excluding steroid dienone is 5. The van der Waals surface area contributed by atoms with Gasteiger partial charge in [-0.1, -0.05) is 110 Å². The van der Waals surface area contributed by atoms with Gasteiger partial charge in [0.05, 0.1) is 56.8 Å². The topological polar surface area (TPSA) is 283 Å². The van der Waals surface area contributed by atoms with E-state index < -0.39 is 102 Å². The van der Waals surface area contributed by atoms with Gasteiger partial charge >= 0.3 is 5.97 Å². The standard InChI is InChI=1S/C62H97N5O14/c1-13-45-32-39(6)62(65-57(45)74)43(10)55(72)42(9)53(81-62)35-52(71)38(5)23-17-14-16-22-37(4)50(69)27-18-15-19-28-51(70)41(8)56(73)47(30-29-40(7)68)58(75)64-54(36(2)3)59(76)63-49(34-44-24-20-25-46(33-44)79-11)60(77)67-31-21-26-48(66-67)61(78)80-12/h14-16,18-20,22,24-25,28,33,36,38-39,41-43,45,47-56,66,69-73H,13,17,21,23,26-27,29-32,34-35H2,1-12H3,(H,63,76)(H,64,75)(H,65,74)/t38-,39-,41-,42-,43-,45-,47+,48-,49-,50?,51?,52?,53?,54-,55?,56?,62?/m0/s1. The molecular weight excluding hydrogens is 1040 g/mol. The van der Waals surface area contributed by atoms with Gasteiger partial charge in [0.15, 0.2) is 0 Å². The van der Waals surface area contributed by atoms with Crippen LogP contribution in [-0.2, 0) is 44.7 Å². The molecule has 81 heavy (non-hydrogen) atoms. The van der Waals surface area contributed by atoms with Gasteiger partial charge in [-0.05, 0) is 100 Å². The minimum absolute atomic E-state index is 0.000159. The van der Waals surface area contributed by atoms with Crippen molar-refractivity contribution in [1.82, 2.24) is 26.4 Å². The number of nitrogens with one attached hydrogen (secondary N) is 4. The van der Waals surface area contributed by atoms with Crippen LogP contribution >= 0.6 is 0 Å². The summed E-state index contributed by atoms with van der Waals surface area (Å²) >= 11 is 0. The number of Topliss-reactive ketones (excluding diaryl/α,β-unsaturated/α-hetero) is 1. The first-order valence-corrected chi connectivity index (χ1v) is 29.3. The summed E-state index contributed by atoms with van der Waals surface area (Å²) in [6.07, 6.45) is 11.1. The maximum absolute atomic E-state index is 14.2. The second kappa shape index (κ2) is 32.5. The molecule has 0 saturated carbocycles. The van der Waals surface area contributed by atoms with E-state index in [1.54, 1.807) is 63.3 Å². The normalized spacial score (nSPS) is 27.0. The maximum Gasteiger partial charge on any atom is 0.324 e. The highest BCUT2D eigenvalue weighted by atomic mass is 16.5. The van der Waals surface area contributed by atoms with Gasteiger partial charge < -0.3 is 60.5 Å². The predicted molar refractivity (Wildman–Crippen MR) is 308 cm³/mol. The Bertz CT molecular complexity index is 2360. The average Bonchev–Trinajstić information content (AvgIpc) is 3.51. The SMILES string of the molecule is CC[C@H]1C[C@H](C)C2(NC1=O)OC(CC(O)[C@@H](C)CCC=CC=C(C)C(O)CC=CC=CC(O)[C@H](C)C(O)[C@@H](CCC(C)=O)C(=O)N[C@H](C(=O)N[C@@H](Cc1cccc(OC)c1)C(=O)N1CCC[C@@H](C(=O)OC)N1)C(C)C)[C@H](C)C(O)[C@@H]2C. The van der Waals surface area contributed by atoms with Crippen LogP contribution in [0.2, 0.25) is 0 Å². The minimum atomic E-state index is -1.45. The number of esters is 1. The lowest BCUT2D eigenvalue weighted by atomic mass is 9.69. The molecule has 0 bridgehead atoms. The van der Waals surface area contributed by atoms with Crippen LogP contribution in [0, 0.1) is 47.3 Å². The number of ether oxygens (including phenoxy) is 3. The predicted octanol–water partition coefficient (Wildman–Crippen LogP) is 5.32. The maximum atomic E-state index is 14.2. The molecule has 3 aliphatic rings. The molecule has 4 amide bonds. The number of carbonyl (C=O) groups excluding carboxylic acids is 6. The molecule has 0 radical (unpaired) electrons. The summed E-state index contributed by atoms with van der Waals surface area (Å²) in [5.41, 5.74) is 3.34. The number of aliphatic hydroxyl groups is 5. The number of aliphatic hydroxyl groups excluding tert-OH is 5. The molecule has 0 aliphatic carbocycles. The Morgan fingerprint density at radius 1 is 0.951 bits per heavy atom. The Hall–Kier alpha value is -5.28. The summed E-state index contributed by atoms with van der Waals surface area (Å²) in [5, 5.41) is 66.3. The van der Waals surface area contributed by atoms with E-state index in [9.17, 15) is 54.3 Å². The third-order valence-corrected chi connectivity index (χ3v) is 17.1. The number of ketones is 1. The molecule has 19 heteroatoms. The van der Waals surface area contributed by atoms with Crippen molar-refractivity contribution in [3.05, 3.63) is 77.9 Å². The average molecular weight is 1140 g/mol. The van der Waals surface area contributed by atoms with E-state index in [4.69, 9.17) is 14.2 Å². The van der Waals surface area contributed by atoms with Crippen LogP contribution in [0.4, 0.5) is 0 Å². The number of hydrogen-bond acceptors (Lipinski definition) is 15. The largest absolute Gasteiger partial charge is 0.497 e. The van der Waals surface area contributed by atoms with E-state index in [1.165, 1.54) is 32.2 Å². The van der Waals surface area contributed by atoms with Crippen LogP contribution in [-0.4, -0.2) is 147 Å². The summed E-state index contributed by atoms with van der Waals surface area (Å²) in [6, 6.07) is 3.92. The number of carbonyl (C=O) groups is 6. The van der Waals surface area contributed by atoms with Gasteiger partial charge in [0.25, 0.3) is 5.91 Å². The highest BCUT2D eigenvalue weighted by Gasteiger charge is 2.57. The van der Waals surface area contributed by atoms with Gasteiger partial charge in [-0.15, -0.1) is 0 Å². The number of hydrogen-bond donors (Lipinski definition) is 9. The zero-order valence-corrected chi connectivity index (χ0v) is 50.0. The van der Waals surface area contributed by atoms with Gasteiger partial charge in [-0.25, -0.2) is 5.43 Å². The van der Waals surface area contributed by atoms with Crippen molar-refractivity contribution in [2.24, 2.45) is 47.3 Å². The number of piperidine rings is 1. The molecule has 3 aliphatic heterocycles. The van der Waals surface area contributed by atoms with Crippen LogP contribution in [0.5, 0.6) is 5.75 Å². The number of rotatable bonds is 29. The Labute approximate surface area is 480 Å². The molecular formula is C62H97N5O14. The molecule has 4 rings (SSSR count). The number of methoxy groups -OCH3 is 2. The molecule has 3 fully saturated rings. The van der Waals surface area contributed by atoms with Crippen molar-refractivity contribution in [3.8, 4) is 5.75 Å². The van der Waals surface area contributed by atoms with Crippen molar-refractivity contribution in [2.75, 3.05) is 20.8 Å². The van der Waals surface area contributed by atoms with E-state index >= 15 is 0 Å². The fourth-order valence-electron chi connectivity index (χ4n) is 11.2. The second-order valence-electron chi connectivity index (χ2n) is 23.5. The third-order valence-electron chi connectivity index (χ3n) is 17.1. The smallest absolute Gasteiger partial charge is 0.324 e. The third kappa shape index (κ3) is 19.1. The van der Waals surface area contributed by atoms with E-state index in [0.29, 0.717) is 49.8 Å². The van der Waals surface area contributed by atoms with E-state index in [-0.39, 0.29) is 73.5 Å². The number of benzene rings is 1. The molecule has 9 N–H and O–H groups in total. The van der Waals surface area contributed by atoms with E-state index in [2.05, 4.69) is 28.3 Å². The number of hydrazine groups is 1. The quantitative estimate of drug-likeness (QED) is 0.0363. The summed E-state index contributed by atoms with van der Waals surface area (Å²) in [7, 11) is 2.77. The van der Waals surface area contributed by atoms with Crippen molar-refractivity contribution in [2.45, 2.75) is 200 Å². The molecule has 3 heterocycles. The Morgan fingerprint density at radius 3 is 2.32 bits per heavy atom. The lowest BCUT2D eigenvalue weighted by Crippen LogP contribution is -2.71. The molecule has 1 spiro atoms. The highest BCUT2D eigenvalue weighted by molar-refractivity contribution is 5.93. The first kappa shape index (κ1) is 68.2. The van der Waals surface area contributed by atoms with Crippen LogP contribution < -0.4 is 26.1 Å². The lowest BCUT2D eigenvalue weighted by Gasteiger charge is -2.56. The fourth-order valence-corrected chi connectivity index (χ4v) is 11.2. The molecule has 1 aromatic rings. The molecule has 1 aromatic carbocycles. The van der Waals surface area contributed by atoms with Crippen LogP contribution in [0.25, 0.3) is 0 Å². The molecule has 0 aromatic heterocycles. The van der Waals surface area contributed by atoms with Gasteiger partial charge in [0.2, 0.25) is 17.7 Å². The number of amides is 4. The number of nitrogens with zero attached hydrogens (tertiary/aromatic N) is 1. The van der Waals surface area contributed by atoms with Gasteiger partial charge in [0.1, 0.15) is 35.4 Å². The zero-order valence-electron chi connectivity index (χ0n) is 50.0. The zero-order chi connectivity index (χ0) is 60.3. The van der Waals surface area contributed by atoms with Crippen LogP contribution in [0.3, 0.4) is 0 Å². The highest BCUT2D eigenvalue weighted by Crippen LogP contribution is 2.46. The van der Waals surface area contributed by atoms with E-state index in [0.717, 1.165) is 12.0 Å². The molecule has 17 atom stereocenters. The van der Waals surface area contributed by atoms with Crippen molar-refractivity contribution in [3.63, 3.8) is 0 Å². The first-order valence-electron chi connectivity index (χ1n) is 29.3. The van der Waals surface area contributed by atoms with E-state index in [1.807, 2.05) is 52.8 Å². The van der Waals surface area contributed by atoms with Crippen LogP contribution in [0.15, 0.2) is 72.4 Å². The molecule has 7 unspecified atom stereocenters. The second-order valence-corrected chi connectivity index (χ2v) is 23.5. The van der Waals surface area contributed by atoms with Crippen LogP contribution in [0.1, 0.15) is 139 Å². The summed E-state index contributed by atoms with van der Waals surface area (Å²) < 4.78 is 17.0. The summed E-state index contributed by atoms with van der Waals surface area (Å²) in [6.45, 7) is 18.4. The molecule has 3 saturated heterocycles. The first-order chi connectivity index (χ1) is 38.3. The summed E-state index contributed by atoms with van der Waals surface area (Å²) in [4.78, 5) is 80.1. The van der Waals surface area contributed by atoms with Gasteiger partial charge in [-0.3, -0.25) is 29.0 Å². The summed E-state index contributed by atoms with van der Waals surface area (Å²) in [5.74, 6) is -5.46. The fraction of sp³-hybridized carbons (Fsp3) is 0.677. The molecule has 454 valence electrons. The Morgan fingerprint density at radius 2 is 1.67 bits per heavy atom. The Kier molecular flexibility index (Phi) is 27.4. The Balaban J connectivity index is 1.31. The monoisotopic (exact) mass is 1140 g/mol. The van der Waals surface area contributed by atoms with Crippen molar-refractivity contribution < 1.29 is 68.5 Å². The lowest BCUT2D eigenvalue weighted by molar-refractivity contribution is -0.267. The van der Waals surface area contributed by atoms with Gasteiger partial charge in [0, 0.05) is 55.4 Å². The molecule has 19 nitrogen and oxygen atoms in total. The van der Waals surface area contributed by atoms with Crippen molar-refractivity contribution in [1.29, 1.82) is 0 Å².